The highest BCUT2D eigenvalue weighted by atomic mass is 15.2. The highest BCUT2D eigenvalue weighted by Gasteiger charge is 2.24. The molecule has 0 aromatic rings. The molecule has 0 aliphatic carbocycles. The molecule has 0 aromatic carbocycles. The Hall–Kier alpha value is -0.120. The normalized spacial score (nSPS) is 22.3. The van der Waals surface area contributed by atoms with Crippen molar-refractivity contribution < 1.29 is 0 Å². The molecule has 1 aliphatic heterocycles. The van der Waals surface area contributed by atoms with E-state index in [1.54, 1.807) is 0 Å². The predicted octanol–water partition coefficient (Wildman–Crippen LogP) is 2.70. The Morgan fingerprint density at radius 1 is 1.26 bits per heavy atom. The molecular formula is C16H35N3. The van der Waals surface area contributed by atoms with Gasteiger partial charge >= 0.3 is 0 Å². The summed E-state index contributed by atoms with van der Waals surface area (Å²) in [5.41, 5.74) is 5.97. The zero-order chi connectivity index (χ0) is 14.1. The van der Waals surface area contributed by atoms with Gasteiger partial charge in [0.05, 0.1) is 0 Å². The SMILES string of the molecule is CCCCCCCC(CN)N(C)CC1CCCN1C. The van der Waals surface area contributed by atoms with Crippen molar-refractivity contribution in [3.8, 4) is 0 Å². The quantitative estimate of drug-likeness (QED) is 0.619. The molecule has 0 aromatic heterocycles. The van der Waals surface area contributed by atoms with E-state index in [1.807, 2.05) is 0 Å². The van der Waals surface area contributed by atoms with Gasteiger partial charge in [0.25, 0.3) is 0 Å². The number of nitrogens with two attached hydrogens (primary N) is 1. The van der Waals surface area contributed by atoms with E-state index in [-0.39, 0.29) is 0 Å². The topological polar surface area (TPSA) is 32.5 Å². The third-order valence-corrected chi connectivity index (χ3v) is 4.71. The summed E-state index contributed by atoms with van der Waals surface area (Å²) in [5, 5.41) is 0. The van der Waals surface area contributed by atoms with E-state index in [1.165, 1.54) is 64.5 Å². The maximum Gasteiger partial charge on any atom is 0.0220 e. The van der Waals surface area contributed by atoms with Gasteiger partial charge < -0.3 is 15.5 Å². The van der Waals surface area contributed by atoms with Crippen molar-refractivity contribution in [1.82, 2.24) is 9.80 Å². The van der Waals surface area contributed by atoms with Crippen LogP contribution in [0.25, 0.3) is 0 Å². The molecule has 0 radical (unpaired) electrons. The molecule has 3 heteroatoms. The number of hydrogen-bond donors (Lipinski definition) is 1. The second kappa shape index (κ2) is 9.73. The molecule has 114 valence electrons. The van der Waals surface area contributed by atoms with Crippen LogP contribution in [0.2, 0.25) is 0 Å². The Labute approximate surface area is 120 Å². The number of rotatable bonds is 10. The smallest absolute Gasteiger partial charge is 0.0220 e. The van der Waals surface area contributed by atoms with E-state index in [4.69, 9.17) is 5.73 Å². The Balaban J connectivity index is 2.20. The van der Waals surface area contributed by atoms with E-state index in [0.29, 0.717) is 6.04 Å². The van der Waals surface area contributed by atoms with Crippen LogP contribution in [0.3, 0.4) is 0 Å². The van der Waals surface area contributed by atoms with Crippen molar-refractivity contribution in [2.24, 2.45) is 5.73 Å². The monoisotopic (exact) mass is 269 g/mol. The van der Waals surface area contributed by atoms with Crippen molar-refractivity contribution >= 4 is 0 Å². The Bertz CT molecular complexity index is 220. The highest BCUT2D eigenvalue weighted by Crippen LogP contribution is 2.17. The molecule has 1 aliphatic rings. The maximum atomic E-state index is 5.97. The third kappa shape index (κ3) is 6.24. The fourth-order valence-electron chi connectivity index (χ4n) is 3.19. The van der Waals surface area contributed by atoms with Crippen LogP contribution in [0.15, 0.2) is 0 Å². The zero-order valence-corrected chi connectivity index (χ0v) is 13.4. The molecule has 0 spiro atoms. The third-order valence-electron chi connectivity index (χ3n) is 4.71. The summed E-state index contributed by atoms with van der Waals surface area (Å²) >= 11 is 0. The summed E-state index contributed by atoms with van der Waals surface area (Å²) in [6.45, 7) is 5.53. The molecule has 1 saturated heterocycles. The standard InChI is InChI=1S/C16H35N3/c1-4-5-6-7-8-10-15(13-17)19(3)14-16-11-9-12-18(16)2/h15-16H,4-14,17H2,1-3H3. The second-order valence-corrected chi connectivity index (χ2v) is 6.31. The van der Waals surface area contributed by atoms with Crippen molar-refractivity contribution in [1.29, 1.82) is 0 Å². The second-order valence-electron chi connectivity index (χ2n) is 6.31. The largest absolute Gasteiger partial charge is 0.329 e. The molecule has 19 heavy (non-hydrogen) atoms. The van der Waals surface area contributed by atoms with Crippen molar-refractivity contribution in [2.75, 3.05) is 33.7 Å². The molecular weight excluding hydrogens is 234 g/mol. The predicted molar refractivity (Wildman–Crippen MR) is 84.5 cm³/mol. The molecule has 1 fully saturated rings. The fraction of sp³-hybridized carbons (Fsp3) is 1.00. The number of unbranched alkanes of at least 4 members (excludes halogenated alkanes) is 4. The van der Waals surface area contributed by atoms with Crippen LogP contribution >= 0.6 is 0 Å². The highest BCUT2D eigenvalue weighted by molar-refractivity contribution is 4.81. The van der Waals surface area contributed by atoms with Gasteiger partial charge in [-0.05, 0) is 39.9 Å². The number of likely N-dealkylation sites (tertiary alicyclic amines) is 1. The molecule has 2 N–H and O–H groups in total. The van der Waals surface area contributed by atoms with Gasteiger partial charge in [-0.2, -0.15) is 0 Å². The minimum absolute atomic E-state index is 0.579. The Morgan fingerprint density at radius 3 is 2.58 bits per heavy atom. The molecule has 1 heterocycles. The van der Waals surface area contributed by atoms with Gasteiger partial charge in [-0.1, -0.05) is 39.0 Å². The van der Waals surface area contributed by atoms with Crippen LogP contribution in [0.5, 0.6) is 0 Å². The summed E-state index contributed by atoms with van der Waals surface area (Å²) in [4.78, 5) is 5.01. The van der Waals surface area contributed by atoms with E-state index < -0.39 is 0 Å². The Kier molecular flexibility index (Phi) is 8.67. The lowest BCUT2D eigenvalue weighted by Gasteiger charge is -2.31. The van der Waals surface area contributed by atoms with Crippen LogP contribution in [0.1, 0.15) is 58.3 Å². The Morgan fingerprint density at radius 2 is 2.00 bits per heavy atom. The van der Waals surface area contributed by atoms with Crippen LogP contribution in [0.4, 0.5) is 0 Å². The van der Waals surface area contributed by atoms with Crippen LogP contribution < -0.4 is 5.73 Å². The molecule has 3 nitrogen and oxygen atoms in total. The number of nitrogens with zero attached hydrogens (tertiary/aromatic N) is 2. The van der Waals surface area contributed by atoms with Gasteiger partial charge in [0.2, 0.25) is 0 Å². The minimum Gasteiger partial charge on any atom is -0.329 e. The summed E-state index contributed by atoms with van der Waals surface area (Å²) in [7, 11) is 4.52. The van der Waals surface area contributed by atoms with Crippen LogP contribution in [-0.2, 0) is 0 Å². The van der Waals surface area contributed by atoms with E-state index in [0.717, 1.165) is 12.6 Å². The first-order valence-electron chi connectivity index (χ1n) is 8.29. The zero-order valence-electron chi connectivity index (χ0n) is 13.4. The summed E-state index contributed by atoms with van der Waals surface area (Å²) in [5.74, 6) is 0. The van der Waals surface area contributed by atoms with Gasteiger partial charge in [0.1, 0.15) is 0 Å². The molecule has 0 bridgehead atoms. The first kappa shape index (κ1) is 16.9. The van der Waals surface area contributed by atoms with Gasteiger partial charge in [-0.15, -0.1) is 0 Å². The maximum absolute atomic E-state index is 5.97. The van der Waals surface area contributed by atoms with E-state index >= 15 is 0 Å². The lowest BCUT2D eigenvalue weighted by atomic mass is 10.0. The van der Waals surface area contributed by atoms with Gasteiger partial charge in [0, 0.05) is 25.2 Å². The van der Waals surface area contributed by atoms with E-state index in [2.05, 4.69) is 30.8 Å². The molecule has 2 atom stereocenters. The molecule has 0 saturated carbocycles. The number of hydrogen-bond acceptors (Lipinski definition) is 3. The molecule has 1 rings (SSSR count). The average Bonchev–Trinajstić information content (AvgIpc) is 2.79. The average molecular weight is 269 g/mol. The van der Waals surface area contributed by atoms with E-state index in [9.17, 15) is 0 Å². The summed E-state index contributed by atoms with van der Waals surface area (Å²) < 4.78 is 0. The van der Waals surface area contributed by atoms with Crippen LogP contribution in [-0.4, -0.2) is 55.6 Å². The lowest BCUT2D eigenvalue weighted by molar-refractivity contribution is 0.171. The van der Waals surface area contributed by atoms with Gasteiger partial charge in [-0.25, -0.2) is 0 Å². The summed E-state index contributed by atoms with van der Waals surface area (Å²) in [6, 6.07) is 1.33. The van der Waals surface area contributed by atoms with Crippen LogP contribution in [0, 0.1) is 0 Å². The van der Waals surface area contributed by atoms with Gasteiger partial charge in [0.15, 0.2) is 0 Å². The first-order valence-corrected chi connectivity index (χ1v) is 8.29. The minimum atomic E-state index is 0.579. The van der Waals surface area contributed by atoms with Crippen molar-refractivity contribution in [2.45, 2.75) is 70.4 Å². The molecule has 2 unspecified atom stereocenters. The molecule has 0 amide bonds. The van der Waals surface area contributed by atoms with Crippen molar-refractivity contribution in [3.05, 3.63) is 0 Å². The summed E-state index contributed by atoms with van der Waals surface area (Å²) in [6.07, 6.45) is 10.8. The fourth-order valence-corrected chi connectivity index (χ4v) is 3.19. The first-order chi connectivity index (χ1) is 9.19. The lowest BCUT2D eigenvalue weighted by Crippen LogP contribution is -2.44. The van der Waals surface area contributed by atoms with Gasteiger partial charge in [-0.3, -0.25) is 0 Å². The number of likely N-dealkylation sites (N-methyl/N-ethyl adjacent to an activating group) is 2. The van der Waals surface area contributed by atoms with Crippen molar-refractivity contribution in [3.63, 3.8) is 0 Å².